The highest BCUT2D eigenvalue weighted by molar-refractivity contribution is 6.30. The Morgan fingerprint density at radius 2 is 2.46 bits per heavy atom. The van der Waals surface area contributed by atoms with E-state index >= 15 is 0 Å². The van der Waals surface area contributed by atoms with E-state index in [4.69, 9.17) is 11.6 Å². The predicted molar refractivity (Wildman–Crippen MR) is 50.3 cm³/mol. The van der Waals surface area contributed by atoms with Crippen LogP contribution in [0.5, 0.6) is 0 Å². The number of ether oxygens (including phenoxy) is 1. The number of esters is 1. The summed E-state index contributed by atoms with van der Waals surface area (Å²) in [6.07, 6.45) is 4.43. The van der Waals surface area contributed by atoms with E-state index in [1.54, 1.807) is 24.4 Å². The zero-order valence-corrected chi connectivity index (χ0v) is 7.78. The number of pyridine rings is 1. The lowest BCUT2D eigenvalue weighted by atomic mass is 10.2. The lowest BCUT2D eigenvalue weighted by Crippen LogP contribution is -1.93. The van der Waals surface area contributed by atoms with Crippen LogP contribution in [-0.4, -0.2) is 18.1 Å². The summed E-state index contributed by atoms with van der Waals surface area (Å²) in [5.74, 6) is -0.417. The van der Waals surface area contributed by atoms with Gasteiger partial charge in [0.25, 0.3) is 0 Å². The van der Waals surface area contributed by atoms with E-state index in [1.165, 1.54) is 13.2 Å². The van der Waals surface area contributed by atoms with Gasteiger partial charge in [0.1, 0.15) is 5.15 Å². The zero-order valence-electron chi connectivity index (χ0n) is 7.03. The lowest BCUT2D eigenvalue weighted by Gasteiger charge is -1.94. The summed E-state index contributed by atoms with van der Waals surface area (Å²) in [7, 11) is 1.32. The molecule has 0 atom stereocenters. The minimum Gasteiger partial charge on any atom is -0.466 e. The van der Waals surface area contributed by atoms with Crippen LogP contribution >= 0.6 is 11.6 Å². The molecule has 0 N–H and O–H groups in total. The first kappa shape index (κ1) is 9.74. The first-order valence-corrected chi connectivity index (χ1v) is 3.98. The second-order valence-corrected chi connectivity index (χ2v) is 2.60. The van der Waals surface area contributed by atoms with Crippen LogP contribution in [0.15, 0.2) is 24.4 Å². The van der Waals surface area contributed by atoms with Crippen LogP contribution < -0.4 is 0 Å². The van der Waals surface area contributed by atoms with E-state index in [1.807, 2.05) is 0 Å². The van der Waals surface area contributed by atoms with Gasteiger partial charge < -0.3 is 4.74 Å². The van der Waals surface area contributed by atoms with Crippen molar-refractivity contribution in [2.24, 2.45) is 0 Å². The first-order chi connectivity index (χ1) is 6.24. The molecule has 0 aromatic carbocycles. The van der Waals surface area contributed by atoms with Crippen molar-refractivity contribution in [1.82, 2.24) is 4.98 Å². The molecule has 0 amide bonds. The second kappa shape index (κ2) is 4.62. The van der Waals surface area contributed by atoms with E-state index in [9.17, 15) is 4.79 Å². The number of carbonyl (C=O) groups is 1. The highest BCUT2D eigenvalue weighted by atomic mass is 35.5. The predicted octanol–water partition coefficient (Wildman–Crippen LogP) is 1.92. The summed E-state index contributed by atoms with van der Waals surface area (Å²) < 4.78 is 4.42. The number of methoxy groups -OCH3 is 1. The summed E-state index contributed by atoms with van der Waals surface area (Å²) in [6.45, 7) is 0. The van der Waals surface area contributed by atoms with Gasteiger partial charge in [-0.1, -0.05) is 17.7 Å². The molecule has 3 nitrogen and oxygen atoms in total. The van der Waals surface area contributed by atoms with Crippen molar-refractivity contribution >= 4 is 23.6 Å². The Balaban J connectivity index is 2.80. The molecule has 0 unspecified atom stereocenters. The van der Waals surface area contributed by atoms with Gasteiger partial charge in [-0.3, -0.25) is 0 Å². The number of aromatic nitrogens is 1. The van der Waals surface area contributed by atoms with Crippen molar-refractivity contribution in [2.75, 3.05) is 7.11 Å². The maximum absolute atomic E-state index is 10.7. The van der Waals surface area contributed by atoms with Crippen LogP contribution in [0.4, 0.5) is 0 Å². The summed E-state index contributed by atoms with van der Waals surface area (Å²) in [6, 6.07) is 3.50. The Labute approximate surface area is 81.0 Å². The Kier molecular flexibility index (Phi) is 3.46. The van der Waals surface area contributed by atoms with Crippen molar-refractivity contribution in [3.05, 3.63) is 35.1 Å². The molecule has 0 saturated carbocycles. The molecular weight excluding hydrogens is 190 g/mol. The van der Waals surface area contributed by atoms with Gasteiger partial charge in [-0.25, -0.2) is 9.78 Å². The third kappa shape index (κ3) is 2.87. The summed E-state index contributed by atoms with van der Waals surface area (Å²) in [5, 5.41) is 0.364. The van der Waals surface area contributed by atoms with Gasteiger partial charge in [-0.2, -0.15) is 0 Å². The molecule has 13 heavy (non-hydrogen) atoms. The fourth-order valence-electron chi connectivity index (χ4n) is 0.749. The standard InChI is InChI=1S/C9H8ClNO2/c1-13-8(12)5-4-7-3-2-6-11-9(7)10/h2-6H,1H3. The molecule has 1 aromatic rings. The zero-order chi connectivity index (χ0) is 9.68. The molecule has 0 fully saturated rings. The third-order valence-corrected chi connectivity index (χ3v) is 1.70. The van der Waals surface area contributed by atoms with Crippen molar-refractivity contribution in [2.45, 2.75) is 0 Å². The van der Waals surface area contributed by atoms with Gasteiger partial charge in [0.2, 0.25) is 0 Å². The minimum absolute atomic E-state index is 0.364. The smallest absolute Gasteiger partial charge is 0.330 e. The largest absolute Gasteiger partial charge is 0.466 e. The monoisotopic (exact) mass is 197 g/mol. The van der Waals surface area contributed by atoms with Gasteiger partial charge >= 0.3 is 5.97 Å². The van der Waals surface area contributed by atoms with Crippen molar-refractivity contribution in [1.29, 1.82) is 0 Å². The molecule has 1 aromatic heterocycles. The maximum Gasteiger partial charge on any atom is 0.330 e. The van der Waals surface area contributed by atoms with E-state index in [0.717, 1.165) is 0 Å². The maximum atomic E-state index is 10.7. The molecule has 0 aliphatic heterocycles. The summed E-state index contributed by atoms with van der Waals surface area (Å²) >= 11 is 5.74. The van der Waals surface area contributed by atoms with Crippen molar-refractivity contribution in [3.8, 4) is 0 Å². The van der Waals surface area contributed by atoms with Crippen LogP contribution in [0.2, 0.25) is 5.15 Å². The van der Waals surface area contributed by atoms with Gasteiger partial charge in [0.15, 0.2) is 0 Å². The Morgan fingerprint density at radius 1 is 1.69 bits per heavy atom. The normalized spacial score (nSPS) is 10.3. The average Bonchev–Trinajstić information content (AvgIpc) is 2.16. The molecular formula is C9H8ClNO2. The Hall–Kier alpha value is -1.35. The number of halogens is 1. The van der Waals surface area contributed by atoms with E-state index in [2.05, 4.69) is 9.72 Å². The Bertz CT molecular complexity index is 336. The van der Waals surface area contributed by atoms with E-state index < -0.39 is 5.97 Å². The fourth-order valence-corrected chi connectivity index (χ4v) is 0.931. The van der Waals surface area contributed by atoms with E-state index in [-0.39, 0.29) is 0 Å². The number of carbonyl (C=O) groups excluding carboxylic acids is 1. The molecule has 0 radical (unpaired) electrons. The van der Waals surface area contributed by atoms with Crippen LogP contribution in [-0.2, 0) is 9.53 Å². The third-order valence-electron chi connectivity index (χ3n) is 1.39. The molecule has 0 aliphatic carbocycles. The van der Waals surface area contributed by atoms with Crippen LogP contribution in [0.1, 0.15) is 5.56 Å². The first-order valence-electron chi connectivity index (χ1n) is 3.60. The molecule has 0 saturated heterocycles. The summed E-state index contributed by atoms with van der Waals surface area (Å²) in [5.41, 5.74) is 0.689. The second-order valence-electron chi connectivity index (χ2n) is 2.24. The Morgan fingerprint density at radius 3 is 3.08 bits per heavy atom. The van der Waals surface area contributed by atoms with Gasteiger partial charge in [-0.05, 0) is 12.1 Å². The molecule has 1 heterocycles. The summed E-state index contributed by atoms with van der Waals surface area (Å²) in [4.78, 5) is 14.6. The van der Waals surface area contributed by atoms with Gasteiger partial charge in [0.05, 0.1) is 7.11 Å². The van der Waals surface area contributed by atoms with Crippen LogP contribution in [0, 0.1) is 0 Å². The van der Waals surface area contributed by atoms with Crippen LogP contribution in [0.25, 0.3) is 6.08 Å². The van der Waals surface area contributed by atoms with Crippen molar-refractivity contribution in [3.63, 3.8) is 0 Å². The molecule has 68 valence electrons. The van der Waals surface area contributed by atoms with Crippen molar-refractivity contribution < 1.29 is 9.53 Å². The molecule has 0 aliphatic rings. The SMILES string of the molecule is COC(=O)C=Cc1cccnc1Cl. The van der Waals surface area contributed by atoms with E-state index in [0.29, 0.717) is 10.7 Å². The number of hydrogen-bond donors (Lipinski definition) is 0. The molecule has 0 bridgehead atoms. The lowest BCUT2D eigenvalue weighted by molar-refractivity contribution is -0.134. The topological polar surface area (TPSA) is 39.2 Å². The minimum atomic E-state index is -0.417. The number of nitrogens with zero attached hydrogens (tertiary/aromatic N) is 1. The average molecular weight is 198 g/mol. The number of hydrogen-bond acceptors (Lipinski definition) is 3. The highest BCUT2D eigenvalue weighted by Crippen LogP contribution is 2.12. The van der Waals surface area contributed by atoms with Crippen LogP contribution in [0.3, 0.4) is 0 Å². The molecule has 0 spiro atoms. The molecule has 1 rings (SSSR count). The van der Waals surface area contributed by atoms with Gasteiger partial charge in [0, 0.05) is 17.8 Å². The highest BCUT2D eigenvalue weighted by Gasteiger charge is 1.96. The fraction of sp³-hybridized carbons (Fsp3) is 0.111. The molecule has 4 heteroatoms. The van der Waals surface area contributed by atoms with Gasteiger partial charge in [-0.15, -0.1) is 0 Å². The number of rotatable bonds is 2. The quantitative estimate of drug-likeness (QED) is 0.413.